The Kier molecular flexibility index (Phi) is 10.8. The van der Waals surface area contributed by atoms with Crippen molar-refractivity contribution >= 4 is 11.6 Å². The summed E-state index contributed by atoms with van der Waals surface area (Å²) in [4.78, 5) is 21.0. The number of unbranched alkanes of at least 4 members (excludes halogenated alkanes) is 7. The van der Waals surface area contributed by atoms with E-state index in [1.165, 1.54) is 55.2 Å². The molecule has 0 aliphatic carbocycles. The van der Waals surface area contributed by atoms with Crippen LogP contribution in [0.5, 0.6) is 0 Å². The molecule has 1 amide bonds. The fourth-order valence-electron chi connectivity index (χ4n) is 4.17. The van der Waals surface area contributed by atoms with Gasteiger partial charge in [-0.15, -0.1) is 0 Å². The minimum Gasteiger partial charge on any atom is -0.326 e. The van der Waals surface area contributed by atoms with Crippen LogP contribution in [0.15, 0.2) is 60.9 Å². The lowest BCUT2D eigenvalue weighted by Crippen LogP contribution is -2.10. The highest BCUT2D eigenvalue weighted by molar-refractivity contribution is 5.90. The summed E-state index contributed by atoms with van der Waals surface area (Å²) < 4.78 is 0. The molecule has 2 heterocycles. The van der Waals surface area contributed by atoms with Crippen LogP contribution in [0.3, 0.4) is 0 Å². The number of hydrogen-bond acceptors (Lipinski definition) is 3. The number of amides is 1. The zero-order valence-electron chi connectivity index (χ0n) is 20.9. The molecule has 0 saturated carbocycles. The molecule has 3 aromatic rings. The molecule has 0 fully saturated rings. The molecule has 0 spiro atoms. The van der Waals surface area contributed by atoms with Gasteiger partial charge in [0.1, 0.15) is 0 Å². The molecule has 1 N–H and O–H groups in total. The Bertz CT molecular complexity index is 1010. The lowest BCUT2D eigenvalue weighted by atomic mass is 10.0. The van der Waals surface area contributed by atoms with E-state index in [2.05, 4.69) is 59.5 Å². The predicted octanol–water partition coefficient (Wildman–Crippen LogP) is 7.71. The molecule has 1 aromatic carbocycles. The third-order valence-corrected chi connectivity index (χ3v) is 6.27. The normalized spacial score (nSPS) is 10.9. The number of pyridine rings is 2. The summed E-state index contributed by atoms with van der Waals surface area (Å²) >= 11 is 0. The number of hydrogen-bond donors (Lipinski definition) is 1. The second-order valence-corrected chi connectivity index (χ2v) is 9.19. The van der Waals surface area contributed by atoms with E-state index in [1.54, 1.807) is 0 Å². The van der Waals surface area contributed by atoms with Crippen molar-refractivity contribution in [3.05, 3.63) is 77.6 Å². The molecule has 0 unspecified atom stereocenters. The van der Waals surface area contributed by atoms with Gasteiger partial charge in [-0.05, 0) is 85.7 Å². The first kappa shape index (κ1) is 25.6. The summed E-state index contributed by atoms with van der Waals surface area (Å²) in [6.07, 6.45) is 16.1. The Hall–Kier alpha value is -3.01. The van der Waals surface area contributed by atoms with Crippen LogP contribution in [0.4, 0.5) is 5.69 Å². The third-order valence-electron chi connectivity index (χ3n) is 6.27. The van der Waals surface area contributed by atoms with Gasteiger partial charge in [-0.25, -0.2) is 0 Å². The maximum Gasteiger partial charge on any atom is 0.224 e. The number of aromatic nitrogens is 2. The smallest absolute Gasteiger partial charge is 0.224 e. The highest BCUT2D eigenvalue weighted by Crippen LogP contribution is 2.18. The zero-order chi connectivity index (χ0) is 24.0. The van der Waals surface area contributed by atoms with E-state index >= 15 is 0 Å². The van der Waals surface area contributed by atoms with Crippen molar-refractivity contribution in [2.45, 2.75) is 84.5 Å². The highest BCUT2D eigenvalue weighted by Gasteiger charge is 2.04. The molecule has 0 aliphatic heterocycles. The number of carbonyl (C=O) groups excluding carboxylic acids is 1. The lowest BCUT2D eigenvalue weighted by Gasteiger charge is -2.07. The van der Waals surface area contributed by atoms with Gasteiger partial charge in [-0.1, -0.05) is 57.6 Å². The van der Waals surface area contributed by atoms with E-state index in [-0.39, 0.29) is 5.91 Å². The van der Waals surface area contributed by atoms with Crippen molar-refractivity contribution in [1.29, 1.82) is 0 Å². The second kappa shape index (κ2) is 14.3. The maximum absolute atomic E-state index is 12.1. The summed E-state index contributed by atoms with van der Waals surface area (Å²) in [5.41, 5.74) is 6.65. The van der Waals surface area contributed by atoms with Crippen molar-refractivity contribution in [2.75, 3.05) is 5.32 Å². The van der Waals surface area contributed by atoms with Gasteiger partial charge in [-0.2, -0.15) is 0 Å². The van der Waals surface area contributed by atoms with E-state index in [0.29, 0.717) is 6.42 Å². The van der Waals surface area contributed by atoms with Crippen LogP contribution in [0.25, 0.3) is 11.4 Å². The van der Waals surface area contributed by atoms with E-state index in [4.69, 9.17) is 0 Å². The Morgan fingerprint density at radius 3 is 2.03 bits per heavy atom. The minimum absolute atomic E-state index is 0.127. The SMILES string of the molecule is CCc1ccc(NC(=O)CCCCCCCCCCc2ccnc(-c3cc(C)ccn3)c2)cc1. The van der Waals surface area contributed by atoms with Gasteiger partial charge in [0.2, 0.25) is 5.91 Å². The average molecular weight is 458 g/mol. The molecular formula is C30H39N3O. The number of nitrogens with zero attached hydrogens (tertiary/aromatic N) is 2. The van der Waals surface area contributed by atoms with Crippen molar-refractivity contribution in [3.63, 3.8) is 0 Å². The highest BCUT2D eigenvalue weighted by atomic mass is 16.1. The zero-order valence-corrected chi connectivity index (χ0v) is 20.9. The number of benzene rings is 1. The summed E-state index contributed by atoms with van der Waals surface area (Å²) in [5.74, 6) is 0.127. The standard InChI is InChI=1S/C30H39N3O/c1-3-25-14-16-27(17-15-25)33-30(34)13-11-9-7-5-4-6-8-10-12-26-19-21-32-29(23-26)28-22-24(2)18-20-31-28/h14-23H,3-13H2,1-2H3,(H,33,34). The Labute approximate surface area is 205 Å². The lowest BCUT2D eigenvalue weighted by molar-refractivity contribution is -0.116. The first-order chi connectivity index (χ1) is 16.6. The summed E-state index contributed by atoms with van der Waals surface area (Å²) in [7, 11) is 0. The van der Waals surface area contributed by atoms with Crippen LogP contribution >= 0.6 is 0 Å². The third kappa shape index (κ3) is 9.09. The Morgan fingerprint density at radius 1 is 0.735 bits per heavy atom. The Morgan fingerprint density at radius 2 is 1.35 bits per heavy atom. The molecule has 3 rings (SSSR count). The maximum atomic E-state index is 12.1. The van der Waals surface area contributed by atoms with Crippen LogP contribution in [0, 0.1) is 6.92 Å². The van der Waals surface area contributed by atoms with Crippen LogP contribution < -0.4 is 5.32 Å². The van der Waals surface area contributed by atoms with Crippen molar-refractivity contribution in [3.8, 4) is 11.4 Å². The quantitative estimate of drug-likeness (QED) is 0.252. The van der Waals surface area contributed by atoms with E-state index < -0.39 is 0 Å². The van der Waals surface area contributed by atoms with Gasteiger partial charge in [-0.3, -0.25) is 14.8 Å². The minimum atomic E-state index is 0.127. The molecule has 0 saturated heterocycles. The number of carbonyl (C=O) groups is 1. The van der Waals surface area contributed by atoms with Gasteiger partial charge in [0.05, 0.1) is 11.4 Å². The number of anilines is 1. The topological polar surface area (TPSA) is 54.9 Å². The predicted molar refractivity (Wildman–Crippen MR) is 142 cm³/mol. The van der Waals surface area contributed by atoms with E-state index in [0.717, 1.165) is 42.8 Å². The molecule has 0 bridgehead atoms. The van der Waals surface area contributed by atoms with Gasteiger partial charge in [0.25, 0.3) is 0 Å². The number of nitrogens with one attached hydrogen (secondary N) is 1. The first-order valence-corrected chi connectivity index (χ1v) is 12.9. The Balaban J connectivity index is 1.21. The van der Waals surface area contributed by atoms with Crippen LogP contribution in [0.1, 0.15) is 81.4 Å². The monoisotopic (exact) mass is 457 g/mol. The summed E-state index contributed by atoms with van der Waals surface area (Å²) in [6, 6.07) is 16.5. The molecule has 0 aliphatic rings. The molecule has 180 valence electrons. The van der Waals surface area contributed by atoms with Crippen LogP contribution in [0.2, 0.25) is 0 Å². The molecule has 34 heavy (non-hydrogen) atoms. The van der Waals surface area contributed by atoms with Gasteiger partial charge in [0.15, 0.2) is 0 Å². The van der Waals surface area contributed by atoms with Gasteiger partial charge >= 0.3 is 0 Å². The molecule has 4 heteroatoms. The van der Waals surface area contributed by atoms with Crippen molar-refractivity contribution in [2.24, 2.45) is 0 Å². The van der Waals surface area contributed by atoms with Crippen molar-refractivity contribution < 1.29 is 4.79 Å². The second-order valence-electron chi connectivity index (χ2n) is 9.19. The van der Waals surface area contributed by atoms with Gasteiger partial charge in [0, 0.05) is 24.5 Å². The fourth-order valence-corrected chi connectivity index (χ4v) is 4.17. The number of rotatable bonds is 14. The average Bonchev–Trinajstić information content (AvgIpc) is 2.86. The van der Waals surface area contributed by atoms with E-state index in [9.17, 15) is 4.79 Å². The molecular weight excluding hydrogens is 418 g/mol. The van der Waals surface area contributed by atoms with E-state index in [1.807, 2.05) is 30.6 Å². The summed E-state index contributed by atoms with van der Waals surface area (Å²) in [5, 5.41) is 3.00. The molecule has 2 aromatic heterocycles. The first-order valence-electron chi connectivity index (χ1n) is 12.9. The van der Waals surface area contributed by atoms with Crippen molar-refractivity contribution in [1.82, 2.24) is 9.97 Å². The largest absolute Gasteiger partial charge is 0.326 e. The molecule has 4 nitrogen and oxygen atoms in total. The molecule has 0 atom stereocenters. The fraction of sp³-hybridized carbons (Fsp3) is 0.433. The molecule has 0 radical (unpaired) electrons. The summed E-state index contributed by atoms with van der Waals surface area (Å²) in [6.45, 7) is 4.22. The van der Waals surface area contributed by atoms with Gasteiger partial charge < -0.3 is 5.32 Å². The number of aryl methyl sites for hydroxylation is 3. The van der Waals surface area contributed by atoms with Crippen LogP contribution in [-0.4, -0.2) is 15.9 Å². The van der Waals surface area contributed by atoms with Crippen LogP contribution in [-0.2, 0) is 17.6 Å².